The van der Waals surface area contributed by atoms with Gasteiger partial charge in [-0.1, -0.05) is 0 Å². The molecule has 22 heavy (non-hydrogen) atoms. The lowest BCUT2D eigenvalue weighted by Crippen LogP contribution is -2.14. The summed E-state index contributed by atoms with van der Waals surface area (Å²) in [4.78, 5) is 17.2. The quantitative estimate of drug-likeness (QED) is 0.833. The Bertz CT molecular complexity index is 688. The Labute approximate surface area is 127 Å². The van der Waals surface area contributed by atoms with Crippen LogP contribution in [0, 0.1) is 0 Å². The van der Waals surface area contributed by atoms with Crippen molar-refractivity contribution in [1.82, 2.24) is 19.9 Å². The van der Waals surface area contributed by atoms with Crippen LogP contribution < -0.4 is 14.5 Å². The zero-order chi connectivity index (χ0) is 15.7. The van der Waals surface area contributed by atoms with Crippen LogP contribution in [0.2, 0.25) is 0 Å². The third-order valence-corrected chi connectivity index (χ3v) is 3.49. The lowest BCUT2D eigenvalue weighted by Gasteiger charge is -2.15. The molecule has 0 atom stereocenters. The average Bonchev–Trinajstić information content (AvgIpc) is 3.38. The number of aromatic nitrogens is 4. The number of methoxy groups -OCH3 is 2. The van der Waals surface area contributed by atoms with E-state index in [-0.39, 0.29) is 5.82 Å². The van der Waals surface area contributed by atoms with Crippen molar-refractivity contribution < 1.29 is 14.7 Å². The van der Waals surface area contributed by atoms with E-state index < -0.39 is 0 Å². The summed E-state index contributed by atoms with van der Waals surface area (Å²) >= 11 is 0. The number of nitrogens with zero attached hydrogens (tertiary/aromatic N) is 5. The van der Waals surface area contributed by atoms with Gasteiger partial charge in [0.1, 0.15) is 11.9 Å². The van der Waals surface area contributed by atoms with Gasteiger partial charge in [-0.05, 0) is 12.8 Å². The molecule has 2 heterocycles. The molecule has 1 N–H and O–H groups in total. The minimum absolute atomic E-state index is 0.264. The van der Waals surface area contributed by atoms with Gasteiger partial charge in [0.05, 0.1) is 26.1 Å². The zero-order valence-corrected chi connectivity index (χ0v) is 12.6. The fourth-order valence-electron chi connectivity index (χ4n) is 2.27. The van der Waals surface area contributed by atoms with E-state index in [1.165, 1.54) is 26.7 Å². The summed E-state index contributed by atoms with van der Waals surface area (Å²) in [5.41, 5.74) is 1.54. The Balaban J connectivity index is 2.16. The van der Waals surface area contributed by atoms with Crippen LogP contribution in [0.25, 0.3) is 11.4 Å². The predicted molar refractivity (Wildman–Crippen MR) is 78.3 cm³/mol. The monoisotopic (exact) mass is 303 g/mol. The highest BCUT2D eigenvalue weighted by atomic mass is 16.5. The molecule has 8 nitrogen and oxygen atoms in total. The molecule has 116 valence electrons. The van der Waals surface area contributed by atoms with Crippen LogP contribution >= 0.6 is 0 Å². The Kier molecular flexibility index (Phi) is 3.76. The second-order valence-electron chi connectivity index (χ2n) is 5.03. The van der Waals surface area contributed by atoms with Crippen molar-refractivity contribution in [2.75, 3.05) is 26.3 Å². The lowest BCUT2D eigenvalue weighted by molar-refractivity contribution is 0.270. The van der Waals surface area contributed by atoms with E-state index in [0.717, 1.165) is 23.6 Å². The Morgan fingerprint density at radius 2 is 1.95 bits per heavy atom. The van der Waals surface area contributed by atoms with E-state index in [1.807, 2.05) is 0 Å². The van der Waals surface area contributed by atoms with Crippen molar-refractivity contribution >= 4 is 5.82 Å². The van der Waals surface area contributed by atoms with Crippen molar-refractivity contribution in [2.45, 2.75) is 18.8 Å². The van der Waals surface area contributed by atoms with Crippen LogP contribution in [-0.2, 0) is 0 Å². The van der Waals surface area contributed by atoms with Crippen LogP contribution in [0.5, 0.6) is 11.6 Å². The van der Waals surface area contributed by atoms with Gasteiger partial charge in [0.2, 0.25) is 5.88 Å². The van der Waals surface area contributed by atoms with Gasteiger partial charge in [-0.3, -0.25) is 5.21 Å². The van der Waals surface area contributed by atoms with Gasteiger partial charge in [-0.15, -0.1) is 0 Å². The Morgan fingerprint density at radius 1 is 1.18 bits per heavy atom. The molecule has 0 radical (unpaired) electrons. The van der Waals surface area contributed by atoms with E-state index in [0.29, 0.717) is 28.9 Å². The summed E-state index contributed by atoms with van der Waals surface area (Å²) < 4.78 is 10.5. The first-order chi connectivity index (χ1) is 10.7. The highest BCUT2D eigenvalue weighted by Gasteiger charge is 2.31. The van der Waals surface area contributed by atoms with Crippen LogP contribution in [-0.4, -0.2) is 46.4 Å². The first-order valence-corrected chi connectivity index (χ1v) is 6.88. The molecular weight excluding hydrogens is 286 g/mol. The third-order valence-electron chi connectivity index (χ3n) is 3.49. The first kappa shape index (κ1) is 14.5. The molecule has 0 bridgehead atoms. The summed E-state index contributed by atoms with van der Waals surface area (Å²) in [5.74, 6) is 1.84. The van der Waals surface area contributed by atoms with Crippen molar-refractivity contribution in [1.29, 1.82) is 0 Å². The topological polar surface area (TPSA) is 93.5 Å². The molecule has 0 aromatic carbocycles. The normalized spacial score (nSPS) is 13.8. The maximum Gasteiger partial charge on any atom is 0.227 e. The average molecular weight is 303 g/mol. The maximum atomic E-state index is 9.72. The number of rotatable bonds is 5. The number of anilines is 1. The summed E-state index contributed by atoms with van der Waals surface area (Å²) in [6.45, 7) is 0. The van der Waals surface area contributed by atoms with Gasteiger partial charge >= 0.3 is 0 Å². The highest BCUT2D eigenvalue weighted by molar-refractivity contribution is 5.68. The molecule has 0 aliphatic heterocycles. The first-order valence-electron chi connectivity index (χ1n) is 6.88. The minimum atomic E-state index is 0.264. The fourth-order valence-corrected chi connectivity index (χ4v) is 2.27. The number of hydrogen-bond acceptors (Lipinski definition) is 8. The molecule has 3 rings (SSSR count). The number of hydroxylamine groups is 1. The summed E-state index contributed by atoms with van der Waals surface area (Å²) in [6, 6.07) is 0. The van der Waals surface area contributed by atoms with Crippen LogP contribution in [0.1, 0.15) is 24.5 Å². The second kappa shape index (κ2) is 5.72. The molecule has 0 unspecified atom stereocenters. The minimum Gasteiger partial charge on any atom is -0.491 e. The Hall–Kier alpha value is -2.48. The van der Waals surface area contributed by atoms with E-state index in [2.05, 4.69) is 19.9 Å². The third kappa shape index (κ3) is 2.52. The lowest BCUT2D eigenvalue weighted by atomic mass is 10.1. The Morgan fingerprint density at radius 3 is 2.55 bits per heavy atom. The standard InChI is InChI=1S/C14H17N5O3/c1-19(20)13-9(21-2)6-15-12(18-13)10-11(8-4-5-8)16-7-17-14(10)22-3/h6-8,20H,4-5H2,1-3H3. The molecule has 1 fully saturated rings. The highest BCUT2D eigenvalue weighted by Crippen LogP contribution is 2.45. The van der Waals surface area contributed by atoms with Crippen LogP contribution in [0.4, 0.5) is 5.82 Å². The molecular formula is C14H17N5O3. The number of ether oxygens (including phenoxy) is 2. The molecule has 1 saturated carbocycles. The molecule has 0 amide bonds. The van der Waals surface area contributed by atoms with E-state index in [4.69, 9.17) is 9.47 Å². The smallest absolute Gasteiger partial charge is 0.227 e. The van der Waals surface area contributed by atoms with Crippen molar-refractivity contribution in [3.8, 4) is 23.0 Å². The van der Waals surface area contributed by atoms with Crippen molar-refractivity contribution in [2.24, 2.45) is 0 Å². The van der Waals surface area contributed by atoms with Crippen LogP contribution in [0.3, 0.4) is 0 Å². The van der Waals surface area contributed by atoms with Crippen molar-refractivity contribution in [3.05, 3.63) is 18.2 Å². The van der Waals surface area contributed by atoms with Gasteiger partial charge in [0.15, 0.2) is 17.4 Å². The number of hydrogen-bond donors (Lipinski definition) is 1. The zero-order valence-electron chi connectivity index (χ0n) is 12.6. The van der Waals surface area contributed by atoms with Crippen LogP contribution in [0.15, 0.2) is 12.5 Å². The SMILES string of the molecule is COc1cnc(-c2c(OC)ncnc2C2CC2)nc1N(C)O. The molecule has 1 aliphatic rings. The summed E-state index contributed by atoms with van der Waals surface area (Å²) in [5, 5.41) is 10.6. The summed E-state index contributed by atoms with van der Waals surface area (Å²) in [6.07, 6.45) is 5.15. The van der Waals surface area contributed by atoms with E-state index in [9.17, 15) is 5.21 Å². The van der Waals surface area contributed by atoms with Gasteiger partial charge in [-0.2, -0.15) is 0 Å². The maximum absolute atomic E-state index is 9.72. The van der Waals surface area contributed by atoms with Gasteiger partial charge in [-0.25, -0.2) is 25.0 Å². The molecule has 2 aromatic heterocycles. The second-order valence-corrected chi connectivity index (χ2v) is 5.03. The molecule has 1 aliphatic carbocycles. The molecule has 0 spiro atoms. The van der Waals surface area contributed by atoms with Gasteiger partial charge < -0.3 is 9.47 Å². The predicted octanol–water partition coefficient (Wildman–Crippen LogP) is 1.65. The van der Waals surface area contributed by atoms with Gasteiger partial charge in [0, 0.05) is 13.0 Å². The summed E-state index contributed by atoms with van der Waals surface area (Å²) in [7, 11) is 4.51. The van der Waals surface area contributed by atoms with Gasteiger partial charge in [0.25, 0.3) is 0 Å². The molecule has 0 saturated heterocycles. The van der Waals surface area contributed by atoms with Crippen molar-refractivity contribution in [3.63, 3.8) is 0 Å². The van der Waals surface area contributed by atoms with E-state index >= 15 is 0 Å². The molecule has 2 aromatic rings. The largest absolute Gasteiger partial charge is 0.491 e. The van der Waals surface area contributed by atoms with E-state index in [1.54, 1.807) is 7.11 Å². The fraction of sp³-hybridized carbons (Fsp3) is 0.429. The molecule has 8 heteroatoms.